The highest BCUT2D eigenvalue weighted by molar-refractivity contribution is 6.30. The van der Waals surface area contributed by atoms with E-state index in [1.807, 2.05) is 0 Å². The van der Waals surface area contributed by atoms with Crippen molar-refractivity contribution < 1.29 is 18.3 Å². The SMILES string of the molecule is Nc1ncc(Cl)cc1[C@@H](O)C(F)(F)F. The summed E-state index contributed by atoms with van der Waals surface area (Å²) in [6.07, 6.45) is -6.34. The zero-order chi connectivity index (χ0) is 10.9. The molecule has 0 spiro atoms. The predicted octanol–water partition coefficient (Wildman–Crippen LogP) is 1.91. The van der Waals surface area contributed by atoms with Crippen LogP contribution in [0.5, 0.6) is 0 Å². The summed E-state index contributed by atoms with van der Waals surface area (Å²) >= 11 is 5.41. The first-order valence-electron chi connectivity index (χ1n) is 3.48. The highest BCUT2D eigenvalue weighted by atomic mass is 35.5. The second-order valence-corrected chi connectivity index (χ2v) is 3.01. The van der Waals surface area contributed by atoms with Gasteiger partial charge in [0.1, 0.15) is 5.82 Å². The smallest absolute Gasteiger partial charge is 0.383 e. The van der Waals surface area contributed by atoms with Crippen molar-refractivity contribution in [3.63, 3.8) is 0 Å². The number of halogens is 4. The van der Waals surface area contributed by atoms with Crippen LogP contribution in [0.2, 0.25) is 5.02 Å². The largest absolute Gasteiger partial charge is 0.418 e. The quantitative estimate of drug-likeness (QED) is 0.769. The van der Waals surface area contributed by atoms with Crippen LogP contribution in [0.1, 0.15) is 11.7 Å². The molecule has 0 aromatic carbocycles. The number of hydrogen-bond donors (Lipinski definition) is 2. The number of nitrogen functional groups attached to an aromatic ring is 1. The summed E-state index contributed by atoms with van der Waals surface area (Å²) < 4.78 is 36.2. The van der Waals surface area contributed by atoms with E-state index in [0.717, 1.165) is 12.3 Å². The molecule has 0 fully saturated rings. The Morgan fingerprint density at radius 1 is 1.50 bits per heavy atom. The number of hydrogen-bond acceptors (Lipinski definition) is 3. The average Bonchev–Trinajstić information content (AvgIpc) is 2.06. The van der Waals surface area contributed by atoms with Crippen molar-refractivity contribution in [1.82, 2.24) is 4.98 Å². The van der Waals surface area contributed by atoms with Crippen molar-refractivity contribution >= 4 is 17.4 Å². The van der Waals surface area contributed by atoms with Crippen LogP contribution in [0.15, 0.2) is 12.3 Å². The Balaban J connectivity index is 3.12. The van der Waals surface area contributed by atoms with E-state index in [0.29, 0.717) is 0 Å². The number of aliphatic hydroxyl groups excluding tert-OH is 1. The Kier molecular flexibility index (Phi) is 2.86. The van der Waals surface area contributed by atoms with Crippen molar-refractivity contribution in [3.05, 3.63) is 22.8 Å². The second kappa shape index (κ2) is 3.62. The molecule has 3 N–H and O–H groups in total. The molecule has 1 aromatic rings. The number of rotatable bonds is 1. The van der Waals surface area contributed by atoms with Gasteiger partial charge in [-0.15, -0.1) is 0 Å². The van der Waals surface area contributed by atoms with Crippen molar-refractivity contribution in [2.75, 3.05) is 5.73 Å². The summed E-state index contributed by atoms with van der Waals surface area (Å²) in [4.78, 5) is 3.40. The third-order valence-corrected chi connectivity index (χ3v) is 1.73. The van der Waals surface area contributed by atoms with Gasteiger partial charge in [0.25, 0.3) is 0 Å². The molecule has 1 rings (SSSR count). The maximum atomic E-state index is 12.1. The van der Waals surface area contributed by atoms with Gasteiger partial charge in [-0.2, -0.15) is 13.2 Å². The van der Waals surface area contributed by atoms with Gasteiger partial charge in [-0.3, -0.25) is 0 Å². The highest BCUT2D eigenvalue weighted by Crippen LogP contribution is 2.35. The zero-order valence-corrected chi connectivity index (χ0v) is 7.47. The fraction of sp³-hybridized carbons (Fsp3) is 0.286. The molecule has 0 saturated carbocycles. The average molecular weight is 227 g/mol. The third-order valence-electron chi connectivity index (χ3n) is 1.52. The van der Waals surface area contributed by atoms with Crippen molar-refractivity contribution in [2.24, 2.45) is 0 Å². The molecule has 14 heavy (non-hydrogen) atoms. The van der Waals surface area contributed by atoms with Gasteiger partial charge >= 0.3 is 6.18 Å². The molecule has 0 aliphatic rings. The summed E-state index contributed by atoms with van der Waals surface area (Å²) in [5.74, 6) is -0.390. The van der Waals surface area contributed by atoms with Gasteiger partial charge < -0.3 is 10.8 Å². The summed E-state index contributed by atoms with van der Waals surface area (Å²) in [7, 11) is 0. The van der Waals surface area contributed by atoms with Crippen LogP contribution < -0.4 is 5.73 Å². The van der Waals surface area contributed by atoms with E-state index in [-0.39, 0.29) is 10.8 Å². The van der Waals surface area contributed by atoms with Gasteiger partial charge in [-0.25, -0.2) is 4.98 Å². The Hall–Kier alpha value is -1.01. The van der Waals surface area contributed by atoms with Crippen molar-refractivity contribution in [3.8, 4) is 0 Å². The van der Waals surface area contributed by atoms with Crippen LogP contribution in [-0.4, -0.2) is 16.3 Å². The molecule has 1 atom stereocenters. The van der Waals surface area contributed by atoms with Gasteiger partial charge in [-0.05, 0) is 6.07 Å². The van der Waals surface area contributed by atoms with Gasteiger partial charge in [-0.1, -0.05) is 11.6 Å². The maximum Gasteiger partial charge on any atom is 0.418 e. The molecule has 0 amide bonds. The van der Waals surface area contributed by atoms with Crippen LogP contribution >= 0.6 is 11.6 Å². The lowest BCUT2D eigenvalue weighted by atomic mass is 10.1. The fourth-order valence-corrected chi connectivity index (χ4v) is 1.03. The Morgan fingerprint density at radius 2 is 2.07 bits per heavy atom. The van der Waals surface area contributed by atoms with Crippen LogP contribution in [-0.2, 0) is 0 Å². The van der Waals surface area contributed by atoms with E-state index in [1.54, 1.807) is 0 Å². The number of anilines is 1. The minimum absolute atomic E-state index is 0.0162. The molecule has 0 bridgehead atoms. The first-order valence-corrected chi connectivity index (χ1v) is 3.86. The van der Waals surface area contributed by atoms with Gasteiger partial charge in [0.05, 0.1) is 5.02 Å². The van der Waals surface area contributed by atoms with E-state index in [2.05, 4.69) is 4.98 Å². The van der Waals surface area contributed by atoms with Gasteiger partial charge in [0, 0.05) is 11.8 Å². The van der Waals surface area contributed by atoms with Crippen molar-refractivity contribution in [2.45, 2.75) is 12.3 Å². The lowest BCUT2D eigenvalue weighted by Gasteiger charge is -2.15. The Labute approximate surface area is 82.3 Å². The van der Waals surface area contributed by atoms with Gasteiger partial charge in [0.2, 0.25) is 0 Å². The number of aromatic nitrogens is 1. The van der Waals surface area contributed by atoms with Crippen LogP contribution in [0.4, 0.5) is 19.0 Å². The standard InChI is InChI=1S/C7H6ClF3N2O/c8-3-1-4(6(12)13-2-3)5(14)7(9,10)11/h1-2,5,14H,(H2,12,13)/t5-/m1/s1. The minimum Gasteiger partial charge on any atom is -0.383 e. The van der Waals surface area contributed by atoms with E-state index >= 15 is 0 Å². The molecular weight excluding hydrogens is 221 g/mol. The van der Waals surface area contributed by atoms with E-state index < -0.39 is 17.8 Å². The normalized spacial score (nSPS) is 14.1. The number of pyridine rings is 1. The first-order chi connectivity index (χ1) is 6.32. The predicted molar refractivity (Wildman–Crippen MR) is 44.7 cm³/mol. The second-order valence-electron chi connectivity index (χ2n) is 2.57. The molecule has 1 heterocycles. The number of aliphatic hydroxyl groups is 1. The number of alkyl halides is 3. The lowest BCUT2D eigenvalue weighted by molar-refractivity contribution is -0.206. The lowest BCUT2D eigenvalue weighted by Crippen LogP contribution is -2.21. The van der Waals surface area contributed by atoms with Crippen LogP contribution in [0.25, 0.3) is 0 Å². The molecule has 0 aliphatic heterocycles. The molecule has 0 radical (unpaired) electrons. The third kappa shape index (κ3) is 2.27. The molecule has 78 valence electrons. The fourth-order valence-electron chi connectivity index (χ4n) is 0.861. The van der Waals surface area contributed by atoms with E-state index in [9.17, 15) is 13.2 Å². The first kappa shape index (κ1) is 11.1. The minimum atomic E-state index is -4.78. The van der Waals surface area contributed by atoms with Crippen LogP contribution in [0.3, 0.4) is 0 Å². The number of nitrogens with zero attached hydrogens (tertiary/aromatic N) is 1. The van der Waals surface area contributed by atoms with Crippen LogP contribution in [0, 0.1) is 0 Å². The number of nitrogens with two attached hydrogens (primary N) is 1. The van der Waals surface area contributed by atoms with E-state index in [4.69, 9.17) is 22.4 Å². The summed E-state index contributed by atoms with van der Waals surface area (Å²) in [6, 6.07) is 0.933. The Bertz CT molecular complexity index is 342. The maximum absolute atomic E-state index is 12.1. The summed E-state index contributed by atoms with van der Waals surface area (Å²) in [5.41, 5.74) is 4.62. The van der Waals surface area contributed by atoms with Gasteiger partial charge in [0.15, 0.2) is 6.10 Å². The molecule has 7 heteroatoms. The zero-order valence-electron chi connectivity index (χ0n) is 6.72. The monoisotopic (exact) mass is 226 g/mol. The molecular formula is C7H6ClF3N2O. The van der Waals surface area contributed by atoms with Crippen molar-refractivity contribution in [1.29, 1.82) is 0 Å². The molecule has 0 unspecified atom stereocenters. The molecule has 1 aromatic heterocycles. The topological polar surface area (TPSA) is 59.1 Å². The summed E-state index contributed by atoms with van der Waals surface area (Å²) in [5, 5.41) is 8.84. The Morgan fingerprint density at radius 3 is 2.57 bits per heavy atom. The molecule has 0 saturated heterocycles. The molecule has 0 aliphatic carbocycles. The highest BCUT2D eigenvalue weighted by Gasteiger charge is 2.40. The summed E-state index contributed by atoms with van der Waals surface area (Å²) in [6.45, 7) is 0. The van der Waals surface area contributed by atoms with E-state index in [1.165, 1.54) is 0 Å². The molecule has 3 nitrogen and oxygen atoms in total.